The number of ether oxygens (including phenoxy) is 1. The van der Waals surface area contributed by atoms with Crippen LogP contribution in [0.5, 0.6) is 0 Å². The number of rotatable bonds is 7. The molecule has 0 unspecified atom stereocenters. The Hall–Kier alpha value is -1.56. The normalized spacial score (nSPS) is 10.3. The monoisotopic (exact) mass is 371 g/mol. The molecule has 122 valence electrons. The summed E-state index contributed by atoms with van der Waals surface area (Å²) in [5.41, 5.74) is 0.426. The van der Waals surface area contributed by atoms with Crippen molar-refractivity contribution in [2.75, 3.05) is 11.9 Å². The summed E-state index contributed by atoms with van der Waals surface area (Å²) < 4.78 is 4.94. The summed E-state index contributed by atoms with van der Waals surface area (Å²) in [6.07, 6.45) is 1.82. The van der Waals surface area contributed by atoms with Crippen LogP contribution in [0.1, 0.15) is 17.7 Å². The first-order valence-corrected chi connectivity index (χ1v) is 8.61. The first-order valence-electron chi connectivity index (χ1n) is 6.97. The summed E-state index contributed by atoms with van der Waals surface area (Å²) in [6.45, 7) is -0.337. The minimum atomic E-state index is -0.444. The molecule has 23 heavy (non-hydrogen) atoms. The van der Waals surface area contributed by atoms with Gasteiger partial charge in [0.15, 0.2) is 6.61 Å². The number of benzene rings is 1. The third kappa shape index (κ3) is 6.22. The predicted molar refractivity (Wildman–Crippen MR) is 93.3 cm³/mol. The zero-order valence-electron chi connectivity index (χ0n) is 12.2. The van der Waals surface area contributed by atoms with Crippen LogP contribution in [0.2, 0.25) is 10.0 Å². The van der Waals surface area contributed by atoms with E-state index in [1.807, 2.05) is 17.5 Å². The van der Waals surface area contributed by atoms with Crippen molar-refractivity contribution in [2.45, 2.75) is 19.3 Å². The molecule has 1 aromatic heterocycles. The number of esters is 1. The van der Waals surface area contributed by atoms with Crippen molar-refractivity contribution in [3.8, 4) is 0 Å². The van der Waals surface area contributed by atoms with Gasteiger partial charge in [0.1, 0.15) is 0 Å². The number of aryl methyl sites for hydroxylation is 1. The molecular formula is C16H15Cl2NO3S. The Kier molecular flexibility index (Phi) is 6.89. The molecule has 1 aromatic carbocycles. The van der Waals surface area contributed by atoms with Crippen LogP contribution in [0.3, 0.4) is 0 Å². The number of carbonyl (C=O) groups excluding carboxylic acids is 2. The Labute approximate surface area is 148 Å². The Morgan fingerprint density at radius 2 is 2.04 bits per heavy atom. The van der Waals surface area contributed by atoms with Crippen molar-refractivity contribution in [3.63, 3.8) is 0 Å². The van der Waals surface area contributed by atoms with Gasteiger partial charge < -0.3 is 10.1 Å². The van der Waals surface area contributed by atoms with Crippen LogP contribution in [-0.4, -0.2) is 18.5 Å². The van der Waals surface area contributed by atoms with Gasteiger partial charge in [0.25, 0.3) is 5.91 Å². The molecule has 1 heterocycles. The first kappa shape index (κ1) is 17.8. The number of halogens is 2. The van der Waals surface area contributed by atoms with E-state index in [0.29, 0.717) is 22.2 Å². The van der Waals surface area contributed by atoms with E-state index in [1.165, 1.54) is 10.9 Å². The summed E-state index contributed by atoms with van der Waals surface area (Å²) in [5, 5.41) is 5.37. The maximum absolute atomic E-state index is 11.7. The van der Waals surface area contributed by atoms with E-state index < -0.39 is 5.91 Å². The van der Waals surface area contributed by atoms with Crippen molar-refractivity contribution in [1.82, 2.24) is 0 Å². The van der Waals surface area contributed by atoms with E-state index in [-0.39, 0.29) is 19.0 Å². The molecule has 0 aliphatic rings. The molecule has 0 spiro atoms. The van der Waals surface area contributed by atoms with Crippen molar-refractivity contribution in [1.29, 1.82) is 0 Å². The lowest BCUT2D eigenvalue weighted by atomic mass is 10.2. The van der Waals surface area contributed by atoms with Crippen LogP contribution in [0.25, 0.3) is 0 Å². The predicted octanol–water partition coefficient (Wildman–Crippen LogP) is 4.56. The van der Waals surface area contributed by atoms with Crippen molar-refractivity contribution >= 4 is 52.1 Å². The van der Waals surface area contributed by atoms with Gasteiger partial charge in [0.2, 0.25) is 0 Å². The summed E-state index contributed by atoms with van der Waals surface area (Å²) in [4.78, 5) is 24.6. The highest BCUT2D eigenvalue weighted by molar-refractivity contribution is 7.09. The molecule has 4 nitrogen and oxygen atoms in total. The van der Waals surface area contributed by atoms with E-state index in [9.17, 15) is 9.59 Å². The second-order valence-electron chi connectivity index (χ2n) is 4.77. The molecule has 0 fully saturated rings. The van der Waals surface area contributed by atoms with Crippen molar-refractivity contribution in [2.24, 2.45) is 0 Å². The number of hydrogen-bond acceptors (Lipinski definition) is 4. The summed E-state index contributed by atoms with van der Waals surface area (Å²) in [5.74, 6) is -0.834. The minimum absolute atomic E-state index is 0.285. The highest BCUT2D eigenvalue weighted by atomic mass is 35.5. The third-order valence-electron chi connectivity index (χ3n) is 2.95. The molecule has 0 aliphatic heterocycles. The molecule has 0 bridgehead atoms. The van der Waals surface area contributed by atoms with Crippen molar-refractivity contribution in [3.05, 3.63) is 50.6 Å². The molecule has 7 heteroatoms. The fraction of sp³-hybridized carbons (Fsp3) is 0.250. The number of carbonyl (C=O) groups is 2. The maximum atomic E-state index is 11.7. The third-order valence-corrected chi connectivity index (χ3v) is 4.44. The molecule has 0 saturated heterocycles. The van der Waals surface area contributed by atoms with E-state index in [2.05, 4.69) is 5.32 Å². The maximum Gasteiger partial charge on any atom is 0.306 e. The lowest BCUT2D eigenvalue weighted by molar-refractivity contribution is -0.147. The minimum Gasteiger partial charge on any atom is -0.456 e. The Morgan fingerprint density at radius 1 is 1.22 bits per heavy atom. The highest BCUT2D eigenvalue weighted by Crippen LogP contribution is 2.25. The zero-order chi connectivity index (χ0) is 16.7. The van der Waals surface area contributed by atoms with Crippen LogP contribution >= 0.6 is 34.5 Å². The highest BCUT2D eigenvalue weighted by Gasteiger charge is 2.10. The zero-order valence-corrected chi connectivity index (χ0v) is 14.5. The summed E-state index contributed by atoms with van der Waals surface area (Å²) in [6, 6.07) is 8.73. The largest absolute Gasteiger partial charge is 0.456 e. The Balaban J connectivity index is 1.68. The van der Waals surface area contributed by atoms with E-state index >= 15 is 0 Å². The Bertz CT molecular complexity index is 674. The number of hydrogen-bond donors (Lipinski definition) is 1. The molecule has 0 saturated carbocycles. The van der Waals surface area contributed by atoms with Gasteiger partial charge >= 0.3 is 5.97 Å². The average Bonchev–Trinajstić information content (AvgIpc) is 3.01. The van der Waals surface area contributed by atoms with Gasteiger partial charge in [-0.3, -0.25) is 9.59 Å². The second kappa shape index (κ2) is 8.91. The van der Waals surface area contributed by atoms with Crippen LogP contribution < -0.4 is 5.32 Å². The van der Waals surface area contributed by atoms with E-state index in [1.54, 1.807) is 23.5 Å². The van der Waals surface area contributed by atoms with Gasteiger partial charge in [-0.05, 0) is 42.5 Å². The summed E-state index contributed by atoms with van der Waals surface area (Å²) in [7, 11) is 0. The van der Waals surface area contributed by atoms with Crippen LogP contribution in [-0.2, 0) is 20.7 Å². The SMILES string of the molecule is O=C(COC(=O)CCCc1cccs1)Nc1ccc(Cl)cc1Cl. The molecular weight excluding hydrogens is 357 g/mol. The van der Waals surface area contributed by atoms with Crippen LogP contribution in [0.15, 0.2) is 35.7 Å². The quantitative estimate of drug-likeness (QED) is 0.725. The van der Waals surface area contributed by atoms with Gasteiger partial charge in [-0.2, -0.15) is 0 Å². The van der Waals surface area contributed by atoms with Crippen LogP contribution in [0.4, 0.5) is 5.69 Å². The van der Waals surface area contributed by atoms with Gasteiger partial charge in [0, 0.05) is 16.3 Å². The average molecular weight is 372 g/mol. The van der Waals surface area contributed by atoms with Crippen molar-refractivity contribution < 1.29 is 14.3 Å². The first-order chi connectivity index (χ1) is 11.0. The van der Waals surface area contributed by atoms with Crippen LogP contribution in [0, 0.1) is 0 Å². The number of anilines is 1. The van der Waals surface area contributed by atoms with E-state index in [4.69, 9.17) is 27.9 Å². The number of amides is 1. The molecule has 2 rings (SSSR count). The number of thiophene rings is 1. The fourth-order valence-corrected chi connectivity index (χ4v) is 3.06. The van der Waals surface area contributed by atoms with E-state index in [0.717, 1.165) is 6.42 Å². The standard InChI is InChI=1S/C16H15Cl2NO3S/c17-11-6-7-14(13(18)9-11)19-15(20)10-22-16(21)5-1-3-12-4-2-8-23-12/h2,4,6-9H,1,3,5,10H2,(H,19,20). The second-order valence-corrected chi connectivity index (χ2v) is 6.64. The molecule has 0 atom stereocenters. The molecule has 0 radical (unpaired) electrons. The molecule has 0 aliphatic carbocycles. The molecule has 1 amide bonds. The smallest absolute Gasteiger partial charge is 0.306 e. The Morgan fingerprint density at radius 3 is 2.74 bits per heavy atom. The van der Waals surface area contributed by atoms with Gasteiger partial charge in [-0.15, -0.1) is 11.3 Å². The van der Waals surface area contributed by atoms with Gasteiger partial charge in [-0.1, -0.05) is 29.3 Å². The van der Waals surface area contributed by atoms with Gasteiger partial charge in [-0.25, -0.2) is 0 Å². The molecule has 2 aromatic rings. The lowest BCUT2D eigenvalue weighted by Gasteiger charge is -2.08. The lowest BCUT2D eigenvalue weighted by Crippen LogP contribution is -2.21. The van der Waals surface area contributed by atoms with Gasteiger partial charge in [0.05, 0.1) is 10.7 Å². The fourth-order valence-electron chi connectivity index (χ4n) is 1.86. The number of nitrogens with one attached hydrogen (secondary N) is 1. The topological polar surface area (TPSA) is 55.4 Å². The molecule has 1 N–H and O–H groups in total. The summed E-state index contributed by atoms with van der Waals surface area (Å²) >= 11 is 13.4.